The van der Waals surface area contributed by atoms with Crippen LogP contribution in [-0.4, -0.2) is 47.1 Å². The number of aliphatic hydroxyl groups excluding tert-OH is 1. The number of halogens is 1. The fourth-order valence-electron chi connectivity index (χ4n) is 4.26. The third-order valence-corrected chi connectivity index (χ3v) is 5.76. The van der Waals surface area contributed by atoms with Crippen LogP contribution in [0.1, 0.15) is 42.4 Å². The van der Waals surface area contributed by atoms with Crippen LogP contribution in [0.15, 0.2) is 42.5 Å². The number of hydrogen-bond donors (Lipinski definition) is 2. The summed E-state index contributed by atoms with van der Waals surface area (Å²) in [7, 11) is 1.42. The highest BCUT2D eigenvalue weighted by Gasteiger charge is 2.47. The number of aryl methyl sites for hydroxylation is 1. The first-order chi connectivity index (χ1) is 13.4. The second-order valence-corrected chi connectivity index (χ2v) is 7.84. The molecule has 4 nitrogen and oxygen atoms in total. The Morgan fingerprint density at radius 1 is 1.21 bits per heavy atom. The van der Waals surface area contributed by atoms with Crippen molar-refractivity contribution in [2.75, 3.05) is 20.2 Å². The van der Waals surface area contributed by atoms with Crippen LogP contribution in [0.4, 0.5) is 4.39 Å². The van der Waals surface area contributed by atoms with Crippen molar-refractivity contribution in [1.29, 1.82) is 0 Å². The van der Waals surface area contributed by atoms with Crippen LogP contribution in [-0.2, 0) is 6.42 Å². The Labute approximate surface area is 166 Å². The maximum Gasteiger partial charge on any atom is 0.165 e. The van der Waals surface area contributed by atoms with Crippen molar-refractivity contribution in [1.82, 2.24) is 4.90 Å². The molecule has 152 valence electrons. The van der Waals surface area contributed by atoms with Gasteiger partial charge in [-0.1, -0.05) is 42.8 Å². The van der Waals surface area contributed by atoms with Gasteiger partial charge in [-0.2, -0.15) is 0 Å². The van der Waals surface area contributed by atoms with E-state index in [0.717, 1.165) is 24.1 Å². The summed E-state index contributed by atoms with van der Waals surface area (Å²) < 4.78 is 19.4. The van der Waals surface area contributed by atoms with E-state index < -0.39 is 23.6 Å². The molecule has 2 aromatic rings. The number of piperidine rings is 1. The van der Waals surface area contributed by atoms with Gasteiger partial charge in [0.25, 0.3) is 0 Å². The fourth-order valence-corrected chi connectivity index (χ4v) is 4.26. The molecule has 1 aliphatic heterocycles. The summed E-state index contributed by atoms with van der Waals surface area (Å²) in [5.41, 5.74) is 1.58. The highest BCUT2D eigenvalue weighted by atomic mass is 19.1. The molecule has 3 rings (SSSR count). The van der Waals surface area contributed by atoms with Gasteiger partial charge in [0.15, 0.2) is 11.6 Å². The topological polar surface area (TPSA) is 52.9 Å². The molecule has 1 heterocycles. The quantitative estimate of drug-likeness (QED) is 0.795. The van der Waals surface area contributed by atoms with Gasteiger partial charge >= 0.3 is 0 Å². The zero-order valence-electron chi connectivity index (χ0n) is 16.9. The van der Waals surface area contributed by atoms with Crippen LogP contribution in [0.25, 0.3) is 0 Å². The van der Waals surface area contributed by atoms with Crippen molar-refractivity contribution >= 4 is 0 Å². The van der Waals surface area contributed by atoms with Gasteiger partial charge in [-0.25, -0.2) is 4.39 Å². The van der Waals surface area contributed by atoms with Gasteiger partial charge in [-0.15, -0.1) is 0 Å². The Morgan fingerprint density at radius 3 is 2.54 bits per heavy atom. The standard InChI is InChI=1S/C23H30FNO3/c1-4-12-25-13-11-23(27,15-17-7-5-16(2)6-8-17)21(22(25)26)18-9-10-20(28-3)19(24)14-18/h5-10,14,21-22,26-27H,4,11-13,15H2,1-3H3. The van der Waals surface area contributed by atoms with Crippen LogP contribution in [0, 0.1) is 12.7 Å². The number of hydrogen-bond acceptors (Lipinski definition) is 4. The molecular weight excluding hydrogens is 357 g/mol. The molecule has 0 radical (unpaired) electrons. The maximum absolute atomic E-state index is 14.4. The van der Waals surface area contributed by atoms with Gasteiger partial charge < -0.3 is 14.9 Å². The monoisotopic (exact) mass is 387 g/mol. The van der Waals surface area contributed by atoms with Crippen molar-refractivity contribution in [3.05, 3.63) is 65.0 Å². The van der Waals surface area contributed by atoms with Gasteiger partial charge in [-0.05, 0) is 43.0 Å². The summed E-state index contributed by atoms with van der Waals surface area (Å²) >= 11 is 0. The lowest BCUT2D eigenvalue weighted by Crippen LogP contribution is -2.57. The second kappa shape index (κ2) is 8.60. The van der Waals surface area contributed by atoms with E-state index in [9.17, 15) is 14.6 Å². The van der Waals surface area contributed by atoms with E-state index in [4.69, 9.17) is 4.74 Å². The largest absolute Gasteiger partial charge is 0.494 e. The van der Waals surface area contributed by atoms with Gasteiger partial charge in [0.05, 0.1) is 18.6 Å². The first-order valence-corrected chi connectivity index (χ1v) is 9.91. The lowest BCUT2D eigenvalue weighted by atomic mass is 9.72. The number of rotatable bonds is 6. The smallest absolute Gasteiger partial charge is 0.165 e. The Bertz CT molecular complexity index is 795. The van der Waals surface area contributed by atoms with Crippen molar-refractivity contribution < 1.29 is 19.3 Å². The summed E-state index contributed by atoms with van der Waals surface area (Å²) in [6.07, 6.45) is 0.938. The zero-order valence-corrected chi connectivity index (χ0v) is 16.9. The molecule has 1 saturated heterocycles. The summed E-state index contributed by atoms with van der Waals surface area (Å²) in [4.78, 5) is 1.97. The number of benzene rings is 2. The van der Waals surface area contributed by atoms with E-state index in [1.54, 1.807) is 12.1 Å². The molecule has 0 aromatic heterocycles. The minimum Gasteiger partial charge on any atom is -0.494 e. The minimum atomic E-state index is -1.17. The normalized spacial score (nSPS) is 25.6. The molecule has 3 unspecified atom stereocenters. The fraction of sp³-hybridized carbons (Fsp3) is 0.478. The summed E-state index contributed by atoms with van der Waals surface area (Å²) in [6.45, 7) is 5.42. The van der Waals surface area contributed by atoms with Gasteiger partial charge in [0, 0.05) is 19.5 Å². The van der Waals surface area contributed by atoms with Gasteiger partial charge in [0.2, 0.25) is 0 Å². The summed E-state index contributed by atoms with van der Waals surface area (Å²) in [6, 6.07) is 12.7. The molecule has 2 aromatic carbocycles. The zero-order chi connectivity index (χ0) is 20.3. The Morgan fingerprint density at radius 2 is 1.93 bits per heavy atom. The average Bonchev–Trinajstić information content (AvgIpc) is 2.66. The lowest BCUT2D eigenvalue weighted by Gasteiger charge is -2.48. The molecular formula is C23H30FNO3. The molecule has 28 heavy (non-hydrogen) atoms. The third-order valence-electron chi connectivity index (χ3n) is 5.76. The molecule has 3 atom stereocenters. The molecule has 0 spiro atoms. The average molecular weight is 387 g/mol. The predicted molar refractivity (Wildman–Crippen MR) is 108 cm³/mol. The molecule has 0 bridgehead atoms. The lowest BCUT2D eigenvalue weighted by molar-refractivity contribution is -0.136. The molecule has 0 aliphatic carbocycles. The first kappa shape index (κ1) is 20.8. The van der Waals surface area contributed by atoms with E-state index in [0.29, 0.717) is 24.9 Å². The van der Waals surface area contributed by atoms with Crippen LogP contribution < -0.4 is 4.74 Å². The number of methoxy groups -OCH3 is 1. The van der Waals surface area contributed by atoms with Crippen LogP contribution >= 0.6 is 0 Å². The Hall–Kier alpha value is -1.95. The number of nitrogens with zero attached hydrogens (tertiary/aromatic N) is 1. The van der Waals surface area contributed by atoms with Crippen LogP contribution in [0.3, 0.4) is 0 Å². The molecule has 1 aliphatic rings. The first-order valence-electron chi connectivity index (χ1n) is 9.91. The van der Waals surface area contributed by atoms with Crippen molar-refractivity contribution in [3.63, 3.8) is 0 Å². The number of likely N-dealkylation sites (tertiary alicyclic amines) is 1. The van der Waals surface area contributed by atoms with Crippen LogP contribution in [0.5, 0.6) is 5.75 Å². The van der Waals surface area contributed by atoms with Crippen molar-refractivity contribution in [2.24, 2.45) is 0 Å². The van der Waals surface area contributed by atoms with E-state index in [1.807, 2.05) is 36.1 Å². The van der Waals surface area contributed by atoms with E-state index in [-0.39, 0.29) is 5.75 Å². The van der Waals surface area contributed by atoms with E-state index in [1.165, 1.54) is 13.2 Å². The molecule has 1 fully saturated rings. The molecule has 0 amide bonds. The van der Waals surface area contributed by atoms with Gasteiger partial charge in [0.1, 0.15) is 6.23 Å². The molecule has 5 heteroatoms. The Balaban J connectivity index is 1.98. The van der Waals surface area contributed by atoms with Crippen molar-refractivity contribution in [2.45, 2.75) is 50.9 Å². The summed E-state index contributed by atoms with van der Waals surface area (Å²) in [5.74, 6) is -0.950. The highest BCUT2D eigenvalue weighted by Crippen LogP contribution is 2.42. The highest BCUT2D eigenvalue weighted by molar-refractivity contribution is 5.35. The van der Waals surface area contributed by atoms with Crippen LogP contribution in [0.2, 0.25) is 0 Å². The van der Waals surface area contributed by atoms with Gasteiger partial charge in [-0.3, -0.25) is 4.90 Å². The van der Waals surface area contributed by atoms with Crippen molar-refractivity contribution in [3.8, 4) is 5.75 Å². The van der Waals surface area contributed by atoms with E-state index in [2.05, 4.69) is 6.92 Å². The second-order valence-electron chi connectivity index (χ2n) is 7.84. The molecule has 2 N–H and O–H groups in total. The van der Waals surface area contributed by atoms with E-state index >= 15 is 0 Å². The third kappa shape index (κ3) is 4.22. The Kier molecular flexibility index (Phi) is 6.38. The SMILES string of the molecule is CCCN1CCC(O)(Cc2ccc(C)cc2)C(c2ccc(OC)c(F)c2)C1O. The summed E-state index contributed by atoms with van der Waals surface area (Å²) in [5, 5.41) is 22.7. The maximum atomic E-state index is 14.4. The number of aliphatic hydroxyl groups is 2. The minimum absolute atomic E-state index is 0.154. The number of ether oxygens (including phenoxy) is 1. The molecule has 0 saturated carbocycles. The predicted octanol–water partition coefficient (Wildman–Crippen LogP) is 3.63.